The maximum absolute atomic E-state index is 5.92. The summed E-state index contributed by atoms with van der Waals surface area (Å²) in [6.07, 6.45) is 5.55. The van der Waals surface area contributed by atoms with E-state index in [1.807, 2.05) is 12.1 Å². The molecule has 1 aromatic rings. The minimum Gasteiger partial charge on any atom is -0.494 e. The maximum Gasteiger partial charge on any atom is 0.119 e. The molecule has 1 aromatic carbocycles. The molecule has 0 aromatic heterocycles. The van der Waals surface area contributed by atoms with Gasteiger partial charge in [0.1, 0.15) is 5.75 Å². The Morgan fingerprint density at radius 1 is 1.13 bits per heavy atom. The van der Waals surface area contributed by atoms with Crippen molar-refractivity contribution in [1.82, 2.24) is 4.90 Å². The average molecular weight is 316 g/mol. The molecule has 3 fully saturated rings. The van der Waals surface area contributed by atoms with Crippen LogP contribution in [-0.4, -0.2) is 43.8 Å². The Balaban J connectivity index is 1.17. The Morgan fingerprint density at radius 2 is 1.87 bits per heavy atom. The lowest BCUT2D eigenvalue weighted by Crippen LogP contribution is -2.44. The van der Waals surface area contributed by atoms with Crippen LogP contribution in [-0.2, 0) is 4.74 Å². The van der Waals surface area contributed by atoms with Crippen molar-refractivity contribution >= 4 is 0 Å². The molecule has 4 heteroatoms. The van der Waals surface area contributed by atoms with Gasteiger partial charge in [0.2, 0.25) is 0 Å². The zero-order valence-electron chi connectivity index (χ0n) is 13.8. The summed E-state index contributed by atoms with van der Waals surface area (Å²) in [6.45, 7) is 5.28. The number of rotatable bonds is 6. The molecule has 3 aliphatic rings. The van der Waals surface area contributed by atoms with Crippen LogP contribution in [0.25, 0.3) is 0 Å². The number of hydrogen-bond acceptors (Lipinski definition) is 4. The average Bonchev–Trinajstić information content (AvgIpc) is 3.13. The van der Waals surface area contributed by atoms with E-state index in [-0.39, 0.29) is 12.1 Å². The van der Waals surface area contributed by atoms with Gasteiger partial charge in [0, 0.05) is 19.6 Å². The van der Waals surface area contributed by atoms with E-state index >= 15 is 0 Å². The molecule has 0 spiro atoms. The van der Waals surface area contributed by atoms with Gasteiger partial charge in [-0.2, -0.15) is 0 Å². The van der Waals surface area contributed by atoms with Crippen molar-refractivity contribution in [3.05, 3.63) is 29.8 Å². The lowest BCUT2D eigenvalue weighted by atomic mass is 9.99. The van der Waals surface area contributed by atoms with Crippen LogP contribution >= 0.6 is 0 Å². The minimum atomic E-state index is 0.0682. The Hall–Kier alpha value is -1.10. The van der Waals surface area contributed by atoms with E-state index in [1.54, 1.807) is 0 Å². The van der Waals surface area contributed by atoms with Crippen molar-refractivity contribution < 1.29 is 9.47 Å². The molecule has 0 amide bonds. The smallest absolute Gasteiger partial charge is 0.119 e. The zero-order chi connectivity index (χ0) is 15.6. The summed E-state index contributed by atoms with van der Waals surface area (Å²) in [5.41, 5.74) is 7.08. The van der Waals surface area contributed by atoms with E-state index in [1.165, 1.54) is 38.9 Å². The van der Waals surface area contributed by atoms with Crippen LogP contribution in [0.4, 0.5) is 0 Å². The first-order valence-electron chi connectivity index (χ1n) is 9.12. The number of benzene rings is 1. The van der Waals surface area contributed by atoms with E-state index in [4.69, 9.17) is 15.2 Å². The first-order valence-corrected chi connectivity index (χ1v) is 9.12. The molecule has 126 valence electrons. The van der Waals surface area contributed by atoms with E-state index < -0.39 is 0 Å². The number of ether oxygens (including phenoxy) is 2. The van der Waals surface area contributed by atoms with Gasteiger partial charge >= 0.3 is 0 Å². The van der Waals surface area contributed by atoms with Gasteiger partial charge in [-0.1, -0.05) is 18.6 Å². The molecule has 0 radical (unpaired) electrons. The molecule has 2 heterocycles. The third-order valence-electron chi connectivity index (χ3n) is 5.76. The number of fused-ring (bicyclic) bond motifs is 1. The normalized spacial score (nSPS) is 33.4. The summed E-state index contributed by atoms with van der Waals surface area (Å²) in [4.78, 5) is 2.64. The number of nitrogens with zero attached hydrogens (tertiary/aromatic N) is 1. The Labute approximate surface area is 138 Å². The van der Waals surface area contributed by atoms with Gasteiger partial charge in [-0.3, -0.25) is 0 Å². The Morgan fingerprint density at radius 3 is 2.48 bits per heavy atom. The van der Waals surface area contributed by atoms with Crippen molar-refractivity contribution in [1.29, 1.82) is 0 Å². The summed E-state index contributed by atoms with van der Waals surface area (Å²) < 4.78 is 11.4. The van der Waals surface area contributed by atoms with Gasteiger partial charge in [-0.05, 0) is 48.8 Å². The topological polar surface area (TPSA) is 47.7 Å². The molecule has 1 saturated carbocycles. The number of nitrogens with two attached hydrogens (primary N) is 1. The predicted molar refractivity (Wildman–Crippen MR) is 90.5 cm³/mol. The van der Waals surface area contributed by atoms with Gasteiger partial charge < -0.3 is 20.1 Å². The van der Waals surface area contributed by atoms with E-state index in [2.05, 4.69) is 17.0 Å². The highest BCUT2D eigenvalue weighted by atomic mass is 16.5. The maximum atomic E-state index is 5.92. The second-order valence-corrected chi connectivity index (χ2v) is 7.40. The molecule has 2 saturated heterocycles. The van der Waals surface area contributed by atoms with Crippen LogP contribution in [0.15, 0.2) is 24.3 Å². The molecule has 1 aliphatic carbocycles. The van der Waals surface area contributed by atoms with Gasteiger partial charge in [-0.15, -0.1) is 0 Å². The highest BCUT2D eigenvalue weighted by Gasteiger charge is 2.35. The summed E-state index contributed by atoms with van der Waals surface area (Å²) >= 11 is 0. The second kappa shape index (κ2) is 6.80. The SMILES string of the molecule is NC1COC1c1ccc(OCCCN2C[C@H]3CCC[C@H]3C2)cc1. The van der Waals surface area contributed by atoms with Gasteiger partial charge in [-0.25, -0.2) is 0 Å². The van der Waals surface area contributed by atoms with E-state index in [0.717, 1.165) is 36.2 Å². The largest absolute Gasteiger partial charge is 0.494 e. The van der Waals surface area contributed by atoms with E-state index in [0.29, 0.717) is 6.61 Å². The fourth-order valence-corrected chi connectivity index (χ4v) is 4.39. The zero-order valence-corrected chi connectivity index (χ0v) is 13.8. The van der Waals surface area contributed by atoms with Crippen molar-refractivity contribution in [2.45, 2.75) is 37.8 Å². The van der Waals surface area contributed by atoms with Gasteiger partial charge in [0.25, 0.3) is 0 Å². The number of hydrogen-bond donors (Lipinski definition) is 1. The highest BCUT2D eigenvalue weighted by molar-refractivity contribution is 5.30. The van der Waals surface area contributed by atoms with Crippen molar-refractivity contribution in [2.75, 3.05) is 32.8 Å². The Bertz CT molecular complexity index is 507. The van der Waals surface area contributed by atoms with Crippen molar-refractivity contribution in [2.24, 2.45) is 17.6 Å². The van der Waals surface area contributed by atoms with Crippen LogP contribution < -0.4 is 10.5 Å². The summed E-state index contributed by atoms with van der Waals surface area (Å²) in [6, 6.07) is 8.34. The minimum absolute atomic E-state index is 0.0682. The van der Waals surface area contributed by atoms with Gasteiger partial charge in [0.15, 0.2) is 0 Å². The van der Waals surface area contributed by atoms with Crippen LogP contribution in [0.1, 0.15) is 37.4 Å². The third kappa shape index (κ3) is 3.39. The molecule has 2 unspecified atom stereocenters. The van der Waals surface area contributed by atoms with Crippen molar-refractivity contribution in [3.63, 3.8) is 0 Å². The molecule has 23 heavy (non-hydrogen) atoms. The molecular weight excluding hydrogens is 288 g/mol. The van der Waals surface area contributed by atoms with Crippen LogP contribution in [0.5, 0.6) is 5.75 Å². The second-order valence-electron chi connectivity index (χ2n) is 7.40. The standard InChI is InChI=1S/C19H28N2O2/c20-18-13-23-19(18)14-5-7-17(8-6-14)22-10-2-9-21-11-15-3-1-4-16(15)12-21/h5-8,15-16,18-19H,1-4,9-13,20H2/t15-,16+,18?,19?. The Kier molecular flexibility index (Phi) is 4.56. The highest BCUT2D eigenvalue weighted by Crippen LogP contribution is 2.37. The van der Waals surface area contributed by atoms with Crippen LogP contribution in [0.3, 0.4) is 0 Å². The lowest BCUT2D eigenvalue weighted by Gasteiger charge is -2.34. The van der Waals surface area contributed by atoms with Crippen LogP contribution in [0.2, 0.25) is 0 Å². The quantitative estimate of drug-likeness (QED) is 0.820. The lowest BCUT2D eigenvalue weighted by molar-refractivity contribution is -0.0752. The summed E-state index contributed by atoms with van der Waals surface area (Å²) in [7, 11) is 0. The molecule has 4 rings (SSSR count). The first kappa shape index (κ1) is 15.4. The number of likely N-dealkylation sites (tertiary alicyclic amines) is 1. The van der Waals surface area contributed by atoms with Crippen molar-refractivity contribution in [3.8, 4) is 5.75 Å². The monoisotopic (exact) mass is 316 g/mol. The summed E-state index contributed by atoms with van der Waals surface area (Å²) in [5.74, 6) is 2.92. The fraction of sp³-hybridized carbons (Fsp3) is 0.684. The first-order chi connectivity index (χ1) is 11.3. The summed E-state index contributed by atoms with van der Waals surface area (Å²) in [5, 5.41) is 0. The van der Waals surface area contributed by atoms with E-state index in [9.17, 15) is 0 Å². The molecule has 4 atom stereocenters. The van der Waals surface area contributed by atoms with Crippen LogP contribution in [0, 0.1) is 11.8 Å². The van der Waals surface area contributed by atoms with Gasteiger partial charge in [0.05, 0.1) is 25.4 Å². The molecule has 2 N–H and O–H groups in total. The molecular formula is C19H28N2O2. The molecule has 0 bridgehead atoms. The molecule has 2 aliphatic heterocycles. The predicted octanol–water partition coefficient (Wildman–Crippen LogP) is 2.59. The third-order valence-corrected chi connectivity index (χ3v) is 5.76. The fourth-order valence-electron chi connectivity index (χ4n) is 4.39. The molecule has 4 nitrogen and oxygen atoms in total.